The quantitative estimate of drug-likeness (QED) is 0.406. The standard InChI is InChI=1S/C12H26N4OS/c1-10(2)8-14-12(13-6-7-18-5)15-9-11(17)16(3)4/h10H,6-9H2,1-5H3,(H2,13,14,15). The zero-order valence-electron chi connectivity index (χ0n) is 12.1. The maximum Gasteiger partial charge on any atom is 0.243 e. The van der Waals surface area contributed by atoms with Crippen molar-refractivity contribution in [3.05, 3.63) is 0 Å². The van der Waals surface area contributed by atoms with Gasteiger partial charge in [0.15, 0.2) is 5.96 Å². The van der Waals surface area contributed by atoms with Gasteiger partial charge >= 0.3 is 0 Å². The van der Waals surface area contributed by atoms with Crippen molar-refractivity contribution in [1.29, 1.82) is 0 Å². The van der Waals surface area contributed by atoms with E-state index in [4.69, 9.17) is 0 Å². The number of carbonyl (C=O) groups excluding carboxylic acids is 1. The van der Waals surface area contributed by atoms with E-state index in [9.17, 15) is 4.79 Å². The molecule has 0 atom stereocenters. The molecule has 0 saturated carbocycles. The molecule has 0 aliphatic heterocycles. The van der Waals surface area contributed by atoms with Crippen LogP contribution in [0.5, 0.6) is 0 Å². The van der Waals surface area contributed by atoms with E-state index >= 15 is 0 Å². The number of amides is 1. The molecule has 0 aliphatic carbocycles. The van der Waals surface area contributed by atoms with Crippen LogP contribution >= 0.6 is 11.8 Å². The number of hydrogen-bond donors (Lipinski definition) is 2. The van der Waals surface area contributed by atoms with E-state index in [0.29, 0.717) is 11.9 Å². The molecule has 0 aliphatic rings. The Morgan fingerprint density at radius 3 is 2.50 bits per heavy atom. The Balaban J connectivity index is 4.24. The molecule has 106 valence electrons. The van der Waals surface area contributed by atoms with Crippen LogP contribution in [-0.2, 0) is 4.79 Å². The van der Waals surface area contributed by atoms with Crippen molar-refractivity contribution < 1.29 is 4.79 Å². The molecule has 0 spiro atoms. The number of thioether (sulfide) groups is 1. The van der Waals surface area contributed by atoms with Crippen molar-refractivity contribution in [3.8, 4) is 0 Å². The van der Waals surface area contributed by atoms with Crippen LogP contribution in [0, 0.1) is 5.92 Å². The molecule has 2 N–H and O–H groups in total. The van der Waals surface area contributed by atoms with E-state index in [1.807, 2.05) is 0 Å². The first kappa shape index (κ1) is 17.1. The Morgan fingerprint density at radius 2 is 2.00 bits per heavy atom. The summed E-state index contributed by atoms with van der Waals surface area (Å²) in [6.07, 6.45) is 2.07. The third kappa shape index (κ3) is 9.15. The van der Waals surface area contributed by atoms with Gasteiger partial charge in [-0.3, -0.25) is 4.79 Å². The molecule has 0 fully saturated rings. The highest BCUT2D eigenvalue weighted by molar-refractivity contribution is 7.98. The second kappa shape index (κ2) is 10.1. The Morgan fingerprint density at radius 1 is 1.33 bits per heavy atom. The van der Waals surface area contributed by atoms with Crippen molar-refractivity contribution in [2.45, 2.75) is 13.8 Å². The first-order chi connectivity index (χ1) is 8.47. The molecule has 0 unspecified atom stereocenters. The van der Waals surface area contributed by atoms with E-state index in [0.717, 1.165) is 18.8 Å². The maximum absolute atomic E-state index is 11.5. The Kier molecular flexibility index (Phi) is 9.55. The number of hydrogen-bond acceptors (Lipinski definition) is 3. The Bertz CT molecular complexity index is 267. The van der Waals surface area contributed by atoms with Gasteiger partial charge in [0, 0.05) is 32.9 Å². The fourth-order valence-corrected chi connectivity index (χ4v) is 1.34. The first-order valence-corrected chi connectivity index (χ1v) is 7.58. The number of rotatable bonds is 7. The summed E-state index contributed by atoms with van der Waals surface area (Å²) in [5.41, 5.74) is 0. The van der Waals surface area contributed by atoms with E-state index in [2.05, 4.69) is 35.7 Å². The Labute approximate surface area is 115 Å². The van der Waals surface area contributed by atoms with Crippen molar-refractivity contribution in [2.75, 3.05) is 45.7 Å². The van der Waals surface area contributed by atoms with Gasteiger partial charge in [-0.1, -0.05) is 13.8 Å². The lowest BCUT2D eigenvalue weighted by molar-refractivity contribution is -0.127. The highest BCUT2D eigenvalue weighted by Gasteiger charge is 2.04. The molecule has 5 nitrogen and oxygen atoms in total. The zero-order valence-corrected chi connectivity index (χ0v) is 12.9. The van der Waals surface area contributed by atoms with Gasteiger partial charge in [-0.05, 0) is 12.2 Å². The molecule has 0 aromatic carbocycles. The molecule has 0 aromatic heterocycles. The van der Waals surface area contributed by atoms with Crippen LogP contribution in [0.2, 0.25) is 0 Å². The van der Waals surface area contributed by atoms with Crippen LogP contribution in [0.3, 0.4) is 0 Å². The summed E-state index contributed by atoms with van der Waals surface area (Å²) in [5.74, 6) is 2.28. The van der Waals surface area contributed by atoms with Crippen LogP contribution in [-0.4, -0.2) is 62.5 Å². The number of aliphatic imine (C=N–C) groups is 1. The van der Waals surface area contributed by atoms with Gasteiger partial charge in [-0.2, -0.15) is 11.8 Å². The summed E-state index contributed by atoms with van der Waals surface area (Å²) in [6, 6.07) is 0. The van der Waals surface area contributed by atoms with E-state index in [1.54, 1.807) is 30.8 Å². The average molecular weight is 274 g/mol. The minimum absolute atomic E-state index is 0.00511. The molecule has 6 heteroatoms. The lowest BCUT2D eigenvalue weighted by atomic mass is 10.2. The monoisotopic (exact) mass is 274 g/mol. The number of likely N-dealkylation sites (N-methyl/N-ethyl adjacent to an activating group) is 1. The van der Waals surface area contributed by atoms with Crippen LogP contribution in [0.4, 0.5) is 0 Å². The Hall–Kier alpha value is -0.910. The lowest BCUT2D eigenvalue weighted by Gasteiger charge is -2.14. The van der Waals surface area contributed by atoms with Crippen LogP contribution < -0.4 is 10.6 Å². The predicted molar refractivity (Wildman–Crippen MR) is 80.2 cm³/mol. The molecule has 0 heterocycles. The third-order valence-corrected chi connectivity index (χ3v) is 2.76. The second-order valence-corrected chi connectivity index (χ2v) is 5.63. The van der Waals surface area contributed by atoms with Gasteiger partial charge in [-0.15, -0.1) is 0 Å². The van der Waals surface area contributed by atoms with Gasteiger partial charge in [0.1, 0.15) is 6.54 Å². The molecule has 18 heavy (non-hydrogen) atoms. The van der Waals surface area contributed by atoms with Crippen molar-refractivity contribution >= 4 is 23.6 Å². The highest BCUT2D eigenvalue weighted by atomic mass is 32.2. The third-order valence-electron chi connectivity index (χ3n) is 2.15. The SMILES string of the molecule is CSCCNC(=NCC(=O)N(C)C)NCC(C)C. The molecule has 0 saturated heterocycles. The second-order valence-electron chi connectivity index (χ2n) is 4.65. The highest BCUT2D eigenvalue weighted by Crippen LogP contribution is 1.90. The molecule has 0 radical (unpaired) electrons. The minimum Gasteiger partial charge on any atom is -0.356 e. The van der Waals surface area contributed by atoms with Gasteiger partial charge in [0.2, 0.25) is 5.91 Å². The molecule has 0 aromatic rings. The van der Waals surface area contributed by atoms with E-state index in [1.165, 1.54) is 0 Å². The fraction of sp³-hybridized carbons (Fsp3) is 0.833. The summed E-state index contributed by atoms with van der Waals surface area (Å²) in [6.45, 7) is 6.15. The smallest absolute Gasteiger partial charge is 0.243 e. The normalized spacial score (nSPS) is 11.6. The van der Waals surface area contributed by atoms with Crippen molar-refractivity contribution in [2.24, 2.45) is 10.9 Å². The van der Waals surface area contributed by atoms with Gasteiger partial charge in [0.05, 0.1) is 0 Å². The summed E-state index contributed by atoms with van der Waals surface area (Å²) in [7, 11) is 3.47. The topological polar surface area (TPSA) is 56.7 Å². The summed E-state index contributed by atoms with van der Waals surface area (Å²) >= 11 is 1.78. The number of guanidine groups is 1. The minimum atomic E-state index is 0.00511. The van der Waals surface area contributed by atoms with Gasteiger partial charge in [-0.25, -0.2) is 4.99 Å². The average Bonchev–Trinajstić information content (AvgIpc) is 2.31. The van der Waals surface area contributed by atoms with E-state index < -0.39 is 0 Å². The van der Waals surface area contributed by atoms with Gasteiger partial charge in [0.25, 0.3) is 0 Å². The molecular weight excluding hydrogens is 248 g/mol. The maximum atomic E-state index is 11.5. The summed E-state index contributed by atoms with van der Waals surface area (Å²) in [5, 5.41) is 6.45. The van der Waals surface area contributed by atoms with Crippen LogP contribution in [0.1, 0.15) is 13.8 Å². The first-order valence-electron chi connectivity index (χ1n) is 6.18. The fourth-order valence-electron chi connectivity index (χ4n) is 1.03. The number of nitrogens with zero attached hydrogens (tertiary/aromatic N) is 2. The lowest BCUT2D eigenvalue weighted by Crippen LogP contribution is -2.41. The summed E-state index contributed by atoms with van der Waals surface area (Å²) in [4.78, 5) is 17.3. The molecule has 0 rings (SSSR count). The van der Waals surface area contributed by atoms with Gasteiger partial charge < -0.3 is 15.5 Å². The largest absolute Gasteiger partial charge is 0.356 e. The summed E-state index contributed by atoms with van der Waals surface area (Å²) < 4.78 is 0. The van der Waals surface area contributed by atoms with E-state index in [-0.39, 0.29) is 12.5 Å². The predicted octanol–water partition coefficient (Wildman–Crippen LogP) is 0.629. The molecule has 1 amide bonds. The zero-order chi connectivity index (χ0) is 14.0. The van der Waals surface area contributed by atoms with Crippen LogP contribution in [0.15, 0.2) is 4.99 Å². The number of carbonyl (C=O) groups is 1. The molecular formula is C12H26N4OS. The van der Waals surface area contributed by atoms with Crippen molar-refractivity contribution in [3.63, 3.8) is 0 Å². The van der Waals surface area contributed by atoms with Crippen LogP contribution in [0.25, 0.3) is 0 Å². The molecule has 0 bridgehead atoms. The van der Waals surface area contributed by atoms with Crippen molar-refractivity contribution in [1.82, 2.24) is 15.5 Å². The number of nitrogens with one attached hydrogen (secondary N) is 2.